The Bertz CT molecular complexity index is 394. The van der Waals surface area contributed by atoms with Crippen LogP contribution in [0, 0.1) is 5.41 Å². The van der Waals surface area contributed by atoms with Crippen molar-refractivity contribution in [3.63, 3.8) is 0 Å². The molecule has 0 saturated heterocycles. The van der Waals surface area contributed by atoms with Crippen molar-refractivity contribution >= 4 is 17.2 Å². The van der Waals surface area contributed by atoms with Crippen molar-refractivity contribution in [1.29, 1.82) is 0 Å². The van der Waals surface area contributed by atoms with Crippen molar-refractivity contribution in [3.05, 3.63) is 22.4 Å². The summed E-state index contributed by atoms with van der Waals surface area (Å²) in [5.74, 6) is 0.00429. The smallest absolute Gasteiger partial charge is 0.228 e. The number of carbonyl (C=O) groups excluding carboxylic acids is 1. The first-order chi connectivity index (χ1) is 8.00. The molecule has 0 unspecified atom stereocenters. The molecular weight excluding hydrogens is 234 g/mol. The summed E-state index contributed by atoms with van der Waals surface area (Å²) in [7, 11) is 0. The van der Waals surface area contributed by atoms with Crippen LogP contribution < -0.4 is 5.32 Å². The van der Waals surface area contributed by atoms with Gasteiger partial charge in [0.1, 0.15) is 0 Å². The minimum Gasteiger partial charge on any atom is -0.395 e. The quantitative estimate of drug-likeness (QED) is 0.842. The molecule has 0 atom stereocenters. The van der Waals surface area contributed by atoms with Gasteiger partial charge in [-0.3, -0.25) is 4.79 Å². The minimum absolute atomic E-state index is 0.00429. The number of thiophene rings is 1. The second-order valence-electron chi connectivity index (χ2n) is 5.48. The average molecular weight is 253 g/mol. The molecule has 4 heteroatoms. The average Bonchev–Trinajstić information content (AvgIpc) is 2.90. The van der Waals surface area contributed by atoms with Crippen LogP contribution in [0.5, 0.6) is 0 Å². The maximum atomic E-state index is 11.9. The standard InChI is InChI=1S/C13H19NO2S/c1-12(2,10-4-3-7-17-10)8-14-11(16)13(9-15)5-6-13/h3-4,7,15H,5-6,8-9H2,1-2H3,(H,14,16). The first kappa shape index (κ1) is 12.6. The lowest BCUT2D eigenvalue weighted by Gasteiger charge is -2.25. The molecule has 1 fully saturated rings. The van der Waals surface area contributed by atoms with E-state index in [4.69, 9.17) is 0 Å². The molecule has 17 heavy (non-hydrogen) atoms. The van der Waals surface area contributed by atoms with Gasteiger partial charge >= 0.3 is 0 Å². The third-order valence-corrected chi connectivity index (χ3v) is 4.75. The Hall–Kier alpha value is -0.870. The van der Waals surface area contributed by atoms with Gasteiger partial charge in [0.2, 0.25) is 5.91 Å². The summed E-state index contributed by atoms with van der Waals surface area (Å²) in [5, 5.41) is 14.2. The first-order valence-corrected chi connectivity index (χ1v) is 6.81. The zero-order valence-corrected chi connectivity index (χ0v) is 11.1. The lowest BCUT2D eigenvalue weighted by atomic mass is 9.91. The first-order valence-electron chi connectivity index (χ1n) is 5.93. The molecule has 2 N–H and O–H groups in total. The highest BCUT2D eigenvalue weighted by Gasteiger charge is 2.49. The van der Waals surface area contributed by atoms with Gasteiger partial charge in [-0.25, -0.2) is 0 Å². The number of carbonyl (C=O) groups is 1. The summed E-state index contributed by atoms with van der Waals surface area (Å²) in [6.07, 6.45) is 1.63. The van der Waals surface area contributed by atoms with E-state index in [1.165, 1.54) is 4.88 Å². The summed E-state index contributed by atoms with van der Waals surface area (Å²) in [6.45, 7) is 4.83. The van der Waals surface area contributed by atoms with Crippen LogP contribution in [0.4, 0.5) is 0 Å². The highest BCUT2D eigenvalue weighted by atomic mass is 32.1. The summed E-state index contributed by atoms with van der Waals surface area (Å²) < 4.78 is 0. The molecule has 0 aromatic carbocycles. The predicted octanol–water partition coefficient (Wildman–Crippen LogP) is 1.91. The molecule has 1 aliphatic carbocycles. The molecule has 1 heterocycles. The zero-order valence-electron chi connectivity index (χ0n) is 10.3. The number of amides is 1. The maximum absolute atomic E-state index is 11.9. The zero-order chi connectivity index (χ0) is 12.5. The molecule has 0 bridgehead atoms. The van der Waals surface area contributed by atoms with E-state index in [1.54, 1.807) is 11.3 Å². The Morgan fingerprint density at radius 3 is 2.76 bits per heavy atom. The lowest BCUT2D eigenvalue weighted by molar-refractivity contribution is -0.127. The minimum atomic E-state index is -0.467. The van der Waals surface area contributed by atoms with Crippen molar-refractivity contribution in [1.82, 2.24) is 5.32 Å². The van der Waals surface area contributed by atoms with E-state index in [1.807, 2.05) is 6.07 Å². The van der Waals surface area contributed by atoms with Gasteiger partial charge in [-0.05, 0) is 24.3 Å². The van der Waals surface area contributed by atoms with E-state index in [2.05, 4.69) is 30.6 Å². The van der Waals surface area contributed by atoms with E-state index in [9.17, 15) is 9.90 Å². The molecular formula is C13H19NO2S. The third-order valence-electron chi connectivity index (χ3n) is 3.52. The van der Waals surface area contributed by atoms with Gasteiger partial charge in [-0.1, -0.05) is 19.9 Å². The molecule has 0 spiro atoms. The van der Waals surface area contributed by atoms with E-state index < -0.39 is 5.41 Å². The van der Waals surface area contributed by atoms with Crippen LogP contribution in [0.25, 0.3) is 0 Å². The molecule has 1 aromatic rings. The van der Waals surface area contributed by atoms with Gasteiger partial charge in [0, 0.05) is 16.8 Å². The Morgan fingerprint density at radius 1 is 1.59 bits per heavy atom. The number of nitrogens with one attached hydrogen (secondary N) is 1. The topological polar surface area (TPSA) is 49.3 Å². The molecule has 1 amide bonds. The van der Waals surface area contributed by atoms with Gasteiger partial charge in [-0.15, -0.1) is 11.3 Å². The number of rotatable bonds is 5. The van der Waals surface area contributed by atoms with Gasteiger partial charge in [0.05, 0.1) is 12.0 Å². The van der Waals surface area contributed by atoms with Crippen molar-refractivity contribution < 1.29 is 9.90 Å². The second kappa shape index (κ2) is 4.42. The Balaban J connectivity index is 1.92. The molecule has 1 aromatic heterocycles. The van der Waals surface area contributed by atoms with E-state index in [0.717, 1.165) is 12.8 Å². The van der Waals surface area contributed by atoms with Crippen LogP contribution in [-0.4, -0.2) is 24.2 Å². The van der Waals surface area contributed by atoms with Crippen molar-refractivity contribution in [2.75, 3.05) is 13.2 Å². The van der Waals surface area contributed by atoms with E-state index in [0.29, 0.717) is 6.54 Å². The Kier molecular flexibility index (Phi) is 3.27. The Labute approximate surface area is 106 Å². The van der Waals surface area contributed by atoms with Gasteiger partial charge in [0.15, 0.2) is 0 Å². The van der Waals surface area contributed by atoms with Crippen LogP contribution in [0.15, 0.2) is 17.5 Å². The number of aliphatic hydroxyl groups is 1. The van der Waals surface area contributed by atoms with Gasteiger partial charge in [0.25, 0.3) is 0 Å². The fraction of sp³-hybridized carbons (Fsp3) is 0.615. The molecule has 0 aliphatic heterocycles. The second-order valence-corrected chi connectivity index (χ2v) is 6.43. The summed E-state index contributed by atoms with van der Waals surface area (Å²) in [5.41, 5.74) is -0.513. The molecule has 0 radical (unpaired) electrons. The normalized spacial score (nSPS) is 17.8. The fourth-order valence-corrected chi connectivity index (χ4v) is 2.70. The molecule has 1 saturated carbocycles. The largest absolute Gasteiger partial charge is 0.395 e. The van der Waals surface area contributed by atoms with E-state index >= 15 is 0 Å². The molecule has 94 valence electrons. The molecule has 3 nitrogen and oxygen atoms in total. The van der Waals surface area contributed by atoms with Crippen LogP contribution in [-0.2, 0) is 10.2 Å². The monoisotopic (exact) mass is 253 g/mol. The summed E-state index contributed by atoms with van der Waals surface area (Å²) in [4.78, 5) is 13.2. The van der Waals surface area contributed by atoms with Crippen molar-refractivity contribution in [3.8, 4) is 0 Å². The number of hydrogen-bond acceptors (Lipinski definition) is 3. The summed E-state index contributed by atoms with van der Waals surface area (Å²) >= 11 is 1.71. The maximum Gasteiger partial charge on any atom is 0.228 e. The van der Waals surface area contributed by atoms with E-state index in [-0.39, 0.29) is 17.9 Å². The van der Waals surface area contributed by atoms with Crippen LogP contribution >= 0.6 is 11.3 Å². The van der Waals surface area contributed by atoms with Crippen LogP contribution in [0.2, 0.25) is 0 Å². The fourth-order valence-electron chi connectivity index (χ4n) is 1.85. The number of aliphatic hydroxyl groups excluding tert-OH is 1. The van der Waals surface area contributed by atoms with Gasteiger partial charge in [-0.2, -0.15) is 0 Å². The third kappa shape index (κ3) is 2.53. The van der Waals surface area contributed by atoms with Crippen LogP contribution in [0.1, 0.15) is 31.6 Å². The van der Waals surface area contributed by atoms with Crippen molar-refractivity contribution in [2.45, 2.75) is 32.1 Å². The van der Waals surface area contributed by atoms with Crippen molar-refractivity contribution in [2.24, 2.45) is 5.41 Å². The van der Waals surface area contributed by atoms with Crippen LogP contribution in [0.3, 0.4) is 0 Å². The molecule has 1 aliphatic rings. The Morgan fingerprint density at radius 2 is 2.29 bits per heavy atom. The van der Waals surface area contributed by atoms with Gasteiger partial charge < -0.3 is 10.4 Å². The summed E-state index contributed by atoms with van der Waals surface area (Å²) in [6, 6.07) is 4.12. The molecule has 2 rings (SSSR count). The predicted molar refractivity (Wildman–Crippen MR) is 69.1 cm³/mol. The number of hydrogen-bond donors (Lipinski definition) is 2. The SMILES string of the molecule is CC(C)(CNC(=O)C1(CO)CC1)c1cccs1. The lowest BCUT2D eigenvalue weighted by Crippen LogP contribution is -2.41. The highest BCUT2D eigenvalue weighted by molar-refractivity contribution is 7.10. The highest BCUT2D eigenvalue weighted by Crippen LogP contribution is 2.45.